The maximum atomic E-state index is 8.90. The molecule has 0 aromatic heterocycles. The molecule has 0 amide bonds. The van der Waals surface area contributed by atoms with Gasteiger partial charge in [0.2, 0.25) is 0 Å². The van der Waals surface area contributed by atoms with Crippen molar-refractivity contribution in [3.05, 3.63) is 0 Å². The van der Waals surface area contributed by atoms with Gasteiger partial charge in [-0.05, 0) is 44.1 Å². The maximum absolute atomic E-state index is 8.90. The van der Waals surface area contributed by atoms with E-state index >= 15 is 0 Å². The lowest BCUT2D eigenvalue weighted by Gasteiger charge is -2.24. The molecule has 1 aliphatic rings. The van der Waals surface area contributed by atoms with Gasteiger partial charge in [0.05, 0.1) is 6.10 Å². The number of nitrogens with one attached hydrogen (secondary N) is 1. The van der Waals surface area contributed by atoms with Crippen molar-refractivity contribution >= 4 is 0 Å². The second-order valence-electron chi connectivity index (χ2n) is 5.59. The quantitative estimate of drug-likeness (QED) is 0.625. The summed E-state index contributed by atoms with van der Waals surface area (Å²) < 4.78 is 5.58. The molecule has 0 aromatic carbocycles. The molecule has 0 aliphatic carbocycles. The van der Waals surface area contributed by atoms with Gasteiger partial charge in [-0.15, -0.1) is 0 Å². The molecule has 1 rings (SSSR count). The monoisotopic (exact) mass is 229 g/mol. The Bertz CT molecular complexity index is 177. The molecule has 0 aromatic rings. The van der Waals surface area contributed by atoms with Crippen molar-refractivity contribution in [2.45, 2.75) is 52.1 Å². The third kappa shape index (κ3) is 5.83. The lowest BCUT2D eigenvalue weighted by molar-refractivity contribution is 0.102. The molecule has 1 atom stereocenters. The molecule has 3 heteroatoms. The molecule has 1 heterocycles. The molecule has 0 spiro atoms. The maximum Gasteiger partial charge on any atom is 0.0576 e. The molecule has 0 saturated carbocycles. The summed E-state index contributed by atoms with van der Waals surface area (Å²) in [4.78, 5) is 0. The number of rotatable bonds is 8. The van der Waals surface area contributed by atoms with Crippen LogP contribution in [0.3, 0.4) is 0 Å². The zero-order valence-corrected chi connectivity index (χ0v) is 10.8. The normalized spacial score (nSPS) is 21.6. The first-order valence-electron chi connectivity index (χ1n) is 6.57. The van der Waals surface area contributed by atoms with Crippen LogP contribution in [0.15, 0.2) is 0 Å². The number of hydrogen-bond acceptors (Lipinski definition) is 3. The molecule has 0 bridgehead atoms. The molecule has 3 nitrogen and oxygen atoms in total. The van der Waals surface area contributed by atoms with Gasteiger partial charge in [-0.25, -0.2) is 0 Å². The van der Waals surface area contributed by atoms with Crippen LogP contribution in [0.4, 0.5) is 0 Å². The topological polar surface area (TPSA) is 41.5 Å². The summed E-state index contributed by atoms with van der Waals surface area (Å²) in [5.74, 6) is 0. The van der Waals surface area contributed by atoms with Crippen LogP contribution in [0.25, 0.3) is 0 Å². The predicted octanol–water partition coefficient (Wildman–Crippen LogP) is 1.94. The van der Waals surface area contributed by atoms with Crippen LogP contribution in [0, 0.1) is 5.41 Å². The van der Waals surface area contributed by atoms with E-state index in [0.717, 1.165) is 26.1 Å². The number of ether oxygens (including phenoxy) is 1. The van der Waals surface area contributed by atoms with Gasteiger partial charge in [0.1, 0.15) is 0 Å². The predicted molar refractivity (Wildman–Crippen MR) is 66.6 cm³/mol. The lowest BCUT2D eigenvalue weighted by atomic mass is 9.90. The SMILES string of the molecule is CC(C)(CCO)CNCCCC1CCCO1. The van der Waals surface area contributed by atoms with Crippen LogP contribution >= 0.6 is 0 Å². The van der Waals surface area contributed by atoms with E-state index in [-0.39, 0.29) is 12.0 Å². The summed E-state index contributed by atoms with van der Waals surface area (Å²) in [5, 5.41) is 12.4. The van der Waals surface area contributed by atoms with Gasteiger partial charge >= 0.3 is 0 Å². The highest BCUT2D eigenvalue weighted by atomic mass is 16.5. The van der Waals surface area contributed by atoms with Gasteiger partial charge in [-0.1, -0.05) is 13.8 Å². The first-order chi connectivity index (χ1) is 7.64. The minimum Gasteiger partial charge on any atom is -0.396 e. The summed E-state index contributed by atoms with van der Waals surface area (Å²) >= 11 is 0. The van der Waals surface area contributed by atoms with E-state index in [2.05, 4.69) is 19.2 Å². The second-order valence-corrected chi connectivity index (χ2v) is 5.59. The Balaban J connectivity index is 1.94. The fourth-order valence-electron chi connectivity index (χ4n) is 2.14. The Morgan fingerprint density at radius 2 is 2.25 bits per heavy atom. The standard InChI is InChI=1S/C13H27NO2/c1-13(2,7-9-15)11-14-8-3-5-12-6-4-10-16-12/h12,14-15H,3-11H2,1-2H3. The average Bonchev–Trinajstić information content (AvgIpc) is 2.69. The molecule has 96 valence electrons. The van der Waals surface area contributed by atoms with Crippen molar-refractivity contribution in [3.8, 4) is 0 Å². The van der Waals surface area contributed by atoms with Crippen molar-refractivity contribution in [1.82, 2.24) is 5.32 Å². The highest BCUT2D eigenvalue weighted by molar-refractivity contribution is 4.71. The molecule has 2 N–H and O–H groups in total. The molecular formula is C13H27NO2. The highest BCUT2D eigenvalue weighted by Crippen LogP contribution is 2.18. The van der Waals surface area contributed by atoms with Crippen LogP contribution in [-0.4, -0.2) is 37.5 Å². The molecular weight excluding hydrogens is 202 g/mol. The molecule has 1 aliphatic heterocycles. The van der Waals surface area contributed by atoms with Gasteiger partial charge in [-0.3, -0.25) is 0 Å². The largest absolute Gasteiger partial charge is 0.396 e. The summed E-state index contributed by atoms with van der Waals surface area (Å²) in [6.45, 7) is 7.67. The zero-order chi connectivity index (χ0) is 11.9. The smallest absolute Gasteiger partial charge is 0.0576 e. The molecule has 1 saturated heterocycles. The van der Waals surface area contributed by atoms with E-state index in [4.69, 9.17) is 9.84 Å². The van der Waals surface area contributed by atoms with Gasteiger partial charge in [-0.2, -0.15) is 0 Å². The Hall–Kier alpha value is -0.120. The fraction of sp³-hybridized carbons (Fsp3) is 1.00. The summed E-state index contributed by atoms with van der Waals surface area (Å²) in [5.41, 5.74) is 0.207. The van der Waals surface area contributed by atoms with Crippen LogP contribution in [0.2, 0.25) is 0 Å². The van der Waals surface area contributed by atoms with E-state index < -0.39 is 0 Å². The van der Waals surface area contributed by atoms with Crippen molar-refractivity contribution in [2.75, 3.05) is 26.3 Å². The minimum atomic E-state index is 0.207. The Morgan fingerprint density at radius 1 is 1.44 bits per heavy atom. The molecule has 1 fully saturated rings. The average molecular weight is 229 g/mol. The van der Waals surface area contributed by atoms with Crippen LogP contribution in [0.5, 0.6) is 0 Å². The fourth-order valence-corrected chi connectivity index (χ4v) is 2.14. The number of aliphatic hydroxyl groups excluding tert-OH is 1. The van der Waals surface area contributed by atoms with Crippen LogP contribution in [0.1, 0.15) is 46.0 Å². The summed E-state index contributed by atoms with van der Waals surface area (Å²) in [7, 11) is 0. The Morgan fingerprint density at radius 3 is 2.88 bits per heavy atom. The van der Waals surface area contributed by atoms with Gasteiger partial charge in [0.15, 0.2) is 0 Å². The Labute approximate surface area is 99.6 Å². The number of aliphatic hydroxyl groups is 1. The van der Waals surface area contributed by atoms with Gasteiger partial charge in [0.25, 0.3) is 0 Å². The second kappa shape index (κ2) is 7.25. The highest BCUT2D eigenvalue weighted by Gasteiger charge is 2.17. The molecule has 16 heavy (non-hydrogen) atoms. The van der Waals surface area contributed by atoms with Crippen molar-refractivity contribution in [3.63, 3.8) is 0 Å². The zero-order valence-electron chi connectivity index (χ0n) is 10.8. The van der Waals surface area contributed by atoms with Gasteiger partial charge in [0, 0.05) is 19.8 Å². The van der Waals surface area contributed by atoms with Crippen molar-refractivity contribution in [2.24, 2.45) is 5.41 Å². The van der Waals surface area contributed by atoms with Crippen LogP contribution in [-0.2, 0) is 4.74 Å². The van der Waals surface area contributed by atoms with E-state index in [9.17, 15) is 0 Å². The van der Waals surface area contributed by atoms with Crippen molar-refractivity contribution < 1.29 is 9.84 Å². The van der Waals surface area contributed by atoms with E-state index in [0.29, 0.717) is 6.10 Å². The first kappa shape index (κ1) is 13.9. The van der Waals surface area contributed by atoms with E-state index in [1.165, 1.54) is 25.7 Å². The number of hydrogen-bond donors (Lipinski definition) is 2. The van der Waals surface area contributed by atoms with Crippen LogP contribution < -0.4 is 5.32 Å². The van der Waals surface area contributed by atoms with Crippen molar-refractivity contribution in [1.29, 1.82) is 0 Å². The summed E-state index contributed by atoms with van der Waals surface area (Å²) in [6, 6.07) is 0. The van der Waals surface area contributed by atoms with E-state index in [1.807, 2.05) is 0 Å². The molecule has 0 radical (unpaired) electrons. The van der Waals surface area contributed by atoms with E-state index in [1.54, 1.807) is 0 Å². The minimum absolute atomic E-state index is 0.207. The summed E-state index contributed by atoms with van der Waals surface area (Å²) in [6.07, 6.45) is 6.25. The Kier molecular flexibility index (Phi) is 6.32. The lowest BCUT2D eigenvalue weighted by Crippen LogP contribution is -2.31. The van der Waals surface area contributed by atoms with Gasteiger partial charge < -0.3 is 15.2 Å². The third-order valence-corrected chi connectivity index (χ3v) is 3.30. The third-order valence-electron chi connectivity index (χ3n) is 3.30. The molecule has 1 unspecified atom stereocenters. The first-order valence-corrected chi connectivity index (χ1v) is 6.57.